The lowest BCUT2D eigenvalue weighted by atomic mass is 10.1. The second kappa shape index (κ2) is 2.16. The van der Waals surface area contributed by atoms with Gasteiger partial charge in [0.25, 0.3) is 0 Å². The smallest absolute Gasteiger partial charge is 0.0190 e. The van der Waals surface area contributed by atoms with Crippen molar-refractivity contribution in [3.63, 3.8) is 0 Å². The minimum Gasteiger partial charge on any atom is -0.152 e. The van der Waals surface area contributed by atoms with Crippen LogP contribution in [0.3, 0.4) is 0 Å². The van der Waals surface area contributed by atoms with E-state index in [0.717, 1.165) is 5.92 Å². The molecule has 0 aromatic rings. The van der Waals surface area contributed by atoms with Crippen LogP contribution >= 0.6 is 11.8 Å². The van der Waals surface area contributed by atoms with E-state index < -0.39 is 0 Å². The first-order chi connectivity index (χ1) is 5.45. The summed E-state index contributed by atoms with van der Waals surface area (Å²) in [5, 5.41) is 0. The molecule has 0 aromatic carbocycles. The van der Waals surface area contributed by atoms with Gasteiger partial charge in [-0.3, -0.25) is 0 Å². The number of hydrogen-bond acceptors (Lipinski definition) is 1. The van der Waals surface area contributed by atoms with Gasteiger partial charge >= 0.3 is 0 Å². The van der Waals surface area contributed by atoms with E-state index >= 15 is 0 Å². The summed E-state index contributed by atoms with van der Waals surface area (Å²) in [5.74, 6) is 3.51. The van der Waals surface area contributed by atoms with Crippen LogP contribution in [0.5, 0.6) is 0 Å². The Hall–Kier alpha value is -0.170. The quantitative estimate of drug-likeness (QED) is 0.530. The number of thioether (sulfide) groups is 1. The lowest BCUT2D eigenvalue weighted by Crippen LogP contribution is -1.88. The minimum absolute atomic E-state index is 0.890. The van der Waals surface area contributed by atoms with Crippen LogP contribution < -0.4 is 0 Å². The van der Waals surface area contributed by atoms with Gasteiger partial charge in [-0.15, -0.1) is 0 Å². The van der Waals surface area contributed by atoms with Crippen molar-refractivity contribution >= 4 is 11.8 Å². The van der Waals surface area contributed by atoms with Crippen molar-refractivity contribution in [2.24, 2.45) is 5.92 Å². The standard InChI is InChI=1S/C10H12S/c1-2-7-4-8-5-11-6-10(8)9(7)3-1/h4,7H,1-3,5-6H2. The molecule has 0 radical (unpaired) electrons. The topological polar surface area (TPSA) is 0 Å². The minimum atomic E-state index is 0.890. The molecule has 0 aromatic heterocycles. The lowest BCUT2D eigenvalue weighted by molar-refractivity contribution is 0.770. The average molecular weight is 164 g/mol. The zero-order chi connectivity index (χ0) is 7.26. The normalized spacial score (nSPS) is 34.2. The molecule has 3 aliphatic rings. The summed E-state index contributed by atoms with van der Waals surface area (Å²) in [7, 11) is 0. The summed E-state index contributed by atoms with van der Waals surface area (Å²) >= 11 is 2.09. The Morgan fingerprint density at radius 1 is 1.36 bits per heavy atom. The van der Waals surface area contributed by atoms with Gasteiger partial charge in [-0.1, -0.05) is 11.6 Å². The number of rotatable bonds is 0. The molecule has 0 nitrogen and oxygen atoms in total. The van der Waals surface area contributed by atoms with Crippen LogP contribution in [0, 0.1) is 5.92 Å². The Bertz CT molecular complexity index is 260. The van der Waals surface area contributed by atoms with Crippen LogP contribution in [-0.4, -0.2) is 11.5 Å². The molecule has 0 bridgehead atoms. The molecule has 0 amide bonds. The van der Waals surface area contributed by atoms with Crippen molar-refractivity contribution in [3.8, 4) is 0 Å². The van der Waals surface area contributed by atoms with Crippen molar-refractivity contribution in [3.05, 3.63) is 22.8 Å². The van der Waals surface area contributed by atoms with Crippen LogP contribution in [0.15, 0.2) is 22.8 Å². The van der Waals surface area contributed by atoms with Gasteiger partial charge in [-0.05, 0) is 36.3 Å². The fourth-order valence-electron chi connectivity index (χ4n) is 2.56. The molecule has 1 saturated heterocycles. The maximum absolute atomic E-state index is 2.54. The highest BCUT2D eigenvalue weighted by atomic mass is 32.2. The SMILES string of the molecule is C1=C2CSCC2=C2CCCC12. The fraction of sp³-hybridized carbons (Fsp3) is 0.600. The molecule has 3 rings (SSSR count). The van der Waals surface area contributed by atoms with E-state index in [4.69, 9.17) is 0 Å². The molecule has 0 N–H and O–H groups in total. The van der Waals surface area contributed by atoms with Crippen LogP contribution in [0.2, 0.25) is 0 Å². The van der Waals surface area contributed by atoms with E-state index in [1.54, 1.807) is 11.1 Å². The third kappa shape index (κ3) is 0.778. The summed E-state index contributed by atoms with van der Waals surface area (Å²) in [6.07, 6.45) is 6.82. The molecular formula is C10H12S. The molecule has 1 heteroatoms. The van der Waals surface area contributed by atoms with Crippen molar-refractivity contribution < 1.29 is 0 Å². The van der Waals surface area contributed by atoms with Gasteiger partial charge in [0.2, 0.25) is 0 Å². The van der Waals surface area contributed by atoms with Gasteiger partial charge in [0, 0.05) is 11.5 Å². The maximum Gasteiger partial charge on any atom is 0.0190 e. The molecular weight excluding hydrogens is 152 g/mol. The second-order valence-corrected chi connectivity index (χ2v) is 4.67. The van der Waals surface area contributed by atoms with Crippen molar-refractivity contribution in [1.82, 2.24) is 0 Å². The highest BCUT2D eigenvalue weighted by Gasteiger charge is 2.31. The molecule has 2 aliphatic carbocycles. The Kier molecular flexibility index (Phi) is 1.25. The van der Waals surface area contributed by atoms with Gasteiger partial charge in [-0.2, -0.15) is 11.8 Å². The van der Waals surface area contributed by atoms with Gasteiger partial charge in [0.1, 0.15) is 0 Å². The van der Waals surface area contributed by atoms with Crippen LogP contribution in [-0.2, 0) is 0 Å². The summed E-state index contributed by atoms with van der Waals surface area (Å²) in [5.41, 5.74) is 5.25. The first-order valence-electron chi connectivity index (χ1n) is 4.46. The first kappa shape index (κ1) is 6.36. The molecule has 58 valence electrons. The van der Waals surface area contributed by atoms with Gasteiger partial charge in [0.05, 0.1) is 0 Å². The van der Waals surface area contributed by atoms with Crippen LogP contribution in [0.4, 0.5) is 0 Å². The van der Waals surface area contributed by atoms with Crippen molar-refractivity contribution in [2.75, 3.05) is 11.5 Å². The summed E-state index contributed by atoms with van der Waals surface area (Å²) < 4.78 is 0. The van der Waals surface area contributed by atoms with Gasteiger partial charge < -0.3 is 0 Å². The first-order valence-corrected chi connectivity index (χ1v) is 5.61. The van der Waals surface area contributed by atoms with E-state index in [1.807, 2.05) is 5.57 Å². The van der Waals surface area contributed by atoms with Gasteiger partial charge in [-0.25, -0.2) is 0 Å². The molecule has 1 atom stereocenters. The lowest BCUT2D eigenvalue weighted by Gasteiger charge is -2.01. The monoisotopic (exact) mass is 164 g/mol. The number of fused-ring (bicyclic) bond motifs is 2. The van der Waals surface area contributed by atoms with Crippen LogP contribution in [0.1, 0.15) is 19.3 Å². The molecule has 1 unspecified atom stereocenters. The molecule has 1 aliphatic heterocycles. The molecule has 1 saturated carbocycles. The van der Waals surface area contributed by atoms with Crippen LogP contribution in [0.25, 0.3) is 0 Å². The number of allylic oxidation sites excluding steroid dienone is 2. The van der Waals surface area contributed by atoms with Crippen molar-refractivity contribution in [1.29, 1.82) is 0 Å². The largest absolute Gasteiger partial charge is 0.152 e. The predicted molar refractivity (Wildman–Crippen MR) is 49.8 cm³/mol. The Balaban J connectivity index is 2.09. The molecule has 11 heavy (non-hydrogen) atoms. The fourth-order valence-corrected chi connectivity index (χ4v) is 3.73. The molecule has 1 heterocycles. The summed E-state index contributed by atoms with van der Waals surface area (Å²) in [4.78, 5) is 0. The average Bonchev–Trinajstić information content (AvgIpc) is 2.52. The summed E-state index contributed by atoms with van der Waals surface area (Å²) in [6.45, 7) is 0. The third-order valence-electron chi connectivity index (χ3n) is 3.09. The third-order valence-corrected chi connectivity index (χ3v) is 4.10. The van der Waals surface area contributed by atoms with Gasteiger partial charge in [0.15, 0.2) is 0 Å². The maximum atomic E-state index is 2.54. The zero-order valence-corrected chi connectivity index (χ0v) is 7.41. The Morgan fingerprint density at radius 3 is 3.36 bits per heavy atom. The highest BCUT2D eigenvalue weighted by Crippen LogP contribution is 2.46. The van der Waals surface area contributed by atoms with E-state index in [2.05, 4.69) is 17.8 Å². The van der Waals surface area contributed by atoms with E-state index in [1.165, 1.54) is 30.8 Å². The summed E-state index contributed by atoms with van der Waals surface area (Å²) in [6, 6.07) is 0. The van der Waals surface area contributed by atoms with E-state index in [-0.39, 0.29) is 0 Å². The predicted octanol–water partition coefficient (Wildman–Crippen LogP) is 2.77. The highest BCUT2D eigenvalue weighted by molar-refractivity contribution is 8.00. The van der Waals surface area contributed by atoms with Crippen molar-refractivity contribution in [2.45, 2.75) is 19.3 Å². The zero-order valence-electron chi connectivity index (χ0n) is 6.60. The Morgan fingerprint density at radius 2 is 2.36 bits per heavy atom. The number of hydrogen-bond donors (Lipinski definition) is 0. The second-order valence-electron chi connectivity index (χ2n) is 3.69. The Labute approximate surface area is 71.8 Å². The molecule has 0 spiro atoms. The molecule has 2 fully saturated rings. The van der Waals surface area contributed by atoms with E-state index in [0.29, 0.717) is 0 Å². The van der Waals surface area contributed by atoms with E-state index in [9.17, 15) is 0 Å².